The number of benzene rings is 3. The van der Waals surface area contributed by atoms with Crippen molar-refractivity contribution in [3.8, 4) is 34.0 Å². The molecule has 2 N–H and O–H groups in total. The summed E-state index contributed by atoms with van der Waals surface area (Å²) in [6.45, 7) is 0. The number of phenols is 1. The number of hydrazone groups is 1. The van der Waals surface area contributed by atoms with Gasteiger partial charge in [-0.3, -0.25) is 0 Å². The Morgan fingerprint density at radius 3 is 2.10 bits per heavy atom. The molecule has 1 aromatic heterocycles. The third-order valence-corrected chi connectivity index (χ3v) is 4.45. The number of phenolic OH excluding ortho intramolecular Hbond substituents is 1. The Morgan fingerprint density at radius 1 is 0.833 bits per heavy atom. The molecule has 3 aromatic carbocycles. The topological polar surface area (TPSA) is 79.6 Å². The van der Waals surface area contributed by atoms with E-state index in [2.05, 4.69) is 20.5 Å². The van der Waals surface area contributed by atoms with Crippen molar-refractivity contribution in [3.63, 3.8) is 0 Å². The minimum atomic E-state index is 0.211. The summed E-state index contributed by atoms with van der Waals surface area (Å²) in [5.74, 6) is 1.38. The molecule has 0 aliphatic carbocycles. The molecule has 0 amide bonds. The van der Waals surface area contributed by atoms with E-state index >= 15 is 0 Å². The van der Waals surface area contributed by atoms with Gasteiger partial charge in [-0.25, -0.2) is 15.4 Å². The maximum Gasteiger partial charge on any atom is 0.244 e. The Morgan fingerprint density at radius 2 is 1.47 bits per heavy atom. The highest BCUT2D eigenvalue weighted by molar-refractivity contribution is 5.80. The molecule has 1 heterocycles. The van der Waals surface area contributed by atoms with Gasteiger partial charge in [-0.1, -0.05) is 30.3 Å². The Bertz CT molecular complexity index is 1140. The predicted octanol–water partition coefficient (Wildman–Crippen LogP) is 4.97. The van der Waals surface area contributed by atoms with Crippen molar-refractivity contribution >= 4 is 12.2 Å². The third-order valence-electron chi connectivity index (χ3n) is 4.45. The highest BCUT2D eigenvalue weighted by atomic mass is 16.5. The lowest BCUT2D eigenvalue weighted by atomic mass is 10.1. The number of aromatic hydroxyl groups is 1. The summed E-state index contributed by atoms with van der Waals surface area (Å²) in [6.07, 6.45) is 1.64. The Hall–Kier alpha value is -4.19. The van der Waals surface area contributed by atoms with Crippen LogP contribution in [0.4, 0.5) is 5.95 Å². The zero-order valence-electron chi connectivity index (χ0n) is 16.4. The number of aromatic nitrogens is 2. The molecule has 6 heteroatoms. The number of ether oxygens (including phenoxy) is 1. The van der Waals surface area contributed by atoms with E-state index in [1.54, 1.807) is 37.6 Å². The molecule has 0 fully saturated rings. The number of hydrogen-bond donors (Lipinski definition) is 2. The highest BCUT2D eigenvalue weighted by Crippen LogP contribution is 2.26. The van der Waals surface area contributed by atoms with Crippen LogP contribution in [0.25, 0.3) is 22.5 Å². The van der Waals surface area contributed by atoms with Gasteiger partial charge in [-0.2, -0.15) is 5.10 Å². The number of anilines is 1. The lowest BCUT2D eigenvalue weighted by molar-refractivity contribution is 0.415. The van der Waals surface area contributed by atoms with Gasteiger partial charge in [0, 0.05) is 11.1 Å². The van der Waals surface area contributed by atoms with Crippen molar-refractivity contribution in [2.75, 3.05) is 12.5 Å². The average molecular weight is 396 g/mol. The van der Waals surface area contributed by atoms with E-state index in [1.165, 1.54) is 0 Å². The second-order valence-electron chi connectivity index (χ2n) is 6.52. The normalized spacial score (nSPS) is 10.8. The molecule has 0 saturated carbocycles. The summed E-state index contributed by atoms with van der Waals surface area (Å²) in [5.41, 5.74) is 7.25. The molecule has 0 saturated heterocycles. The second-order valence-corrected chi connectivity index (χ2v) is 6.52. The first kappa shape index (κ1) is 19.1. The molecule has 148 valence electrons. The SMILES string of the molecule is COc1ccc(-c2cc(-c3ccccc3)nc(N/N=C/c3ccc(O)cc3)n2)cc1. The summed E-state index contributed by atoms with van der Waals surface area (Å²) < 4.78 is 5.24. The van der Waals surface area contributed by atoms with Gasteiger partial charge in [0.05, 0.1) is 24.7 Å². The molecule has 0 aliphatic heterocycles. The van der Waals surface area contributed by atoms with Crippen molar-refractivity contribution in [3.05, 3.63) is 90.5 Å². The highest BCUT2D eigenvalue weighted by Gasteiger charge is 2.08. The van der Waals surface area contributed by atoms with E-state index in [-0.39, 0.29) is 5.75 Å². The van der Waals surface area contributed by atoms with Gasteiger partial charge in [0.25, 0.3) is 0 Å². The summed E-state index contributed by atoms with van der Waals surface area (Å²) >= 11 is 0. The Labute approximate surface area is 174 Å². The number of nitrogens with zero attached hydrogens (tertiary/aromatic N) is 3. The van der Waals surface area contributed by atoms with Crippen LogP contribution in [0.5, 0.6) is 11.5 Å². The smallest absolute Gasteiger partial charge is 0.244 e. The molecule has 4 aromatic rings. The molecular formula is C24H20N4O2. The van der Waals surface area contributed by atoms with Crippen molar-refractivity contribution in [1.82, 2.24) is 9.97 Å². The van der Waals surface area contributed by atoms with Gasteiger partial charge in [-0.15, -0.1) is 0 Å². The van der Waals surface area contributed by atoms with E-state index in [1.807, 2.05) is 60.7 Å². The van der Waals surface area contributed by atoms with Gasteiger partial charge in [0.15, 0.2) is 0 Å². The lowest BCUT2D eigenvalue weighted by Crippen LogP contribution is -2.00. The van der Waals surface area contributed by atoms with Gasteiger partial charge in [-0.05, 0) is 60.2 Å². The summed E-state index contributed by atoms with van der Waals surface area (Å²) in [7, 11) is 1.64. The minimum Gasteiger partial charge on any atom is -0.508 e. The zero-order chi connectivity index (χ0) is 20.8. The number of nitrogens with one attached hydrogen (secondary N) is 1. The van der Waals surface area contributed by atoms with Crippen molar-refractivity contribution in [2.24, 2.45) is 5.10 Å². The van der Waals surface area contributed by atoms with E-state index < -0.39 is 0 Å². The molecule has 4 rings (SSSR count). The van der Waals surface area contributed by atoms with Crippen LogP contribution in [0, 0.1) is 0 Å². The van der Waals surface area contributed by atoms with Crippen LogP contribution < -0.4 is 10.2 Å². The maximum atomic E-state index is 9.38. The molecular weight excluding hydrogens is 376 g/mol. The van der Waals surface area contributed by atoms with Crippen LogP contribution in [0.2, 0.25) is 0 Å². The molecule has 0 bridgehead atoms. The summed E-state index contributed by atoms with van der Waals surface area (Å²) in [6, 6.07) is 26.3. The monoisotopic (exact) mass is 396 g/mol. The van der Waals surface area contributed by atoms with E-state index in [9.17, 15) is 5.11 Å². The standard InChI is InChI=1S/C24H20N4O2/c1-30-21-13-9-19(10-14-21)23-15-22(18-5-3-2-4-6-18)26-24(27-23)28-25-16-17-7-11-20(29)12-8-17/h2-16,29H,1H3,(H,26,27,28)/b25-16+. The molecule has 0 atom stereocenters. The van der Waals surface area contributed by atoms with Gasteiger partial charge in [0.1, 0.15) is 11.5 Å². The first-order valence-electron chi connectivity index (χ1n) is 9.38. The van der Waals surface area contributed by atoms with Gasteiger partial charge < -0.3 is 9.84 Å². The van der Waals surface area contributed by atoms with Crippen molar-refractivity contribution in [1.29, 1.82) is 0 Å². The fourth-order valence-electron chi connectivity index (χ4n) is 2.89. The molecule has 0 aliphatic rings. The van der Waals surface area contributed by atoms with Crippen LogP contribution in [-0.4, -0.2) is 28.4 Å². The molecule has 0 unspecified atom stereocenters. The maximum absolute atomic E-state index is 9.38. The van der Waals surface area contributed by atoms with Crippen LogP contribution >= 0.6 is 0 Å². The first-order valence-corrected chi connectivity index (χ1v) is 9.38. The second kappa shape index (κ2) is 8.87. The third kappa shape index (κ3) is 4.62. The van der Waals surface area contributed by atoms with Crippen LogP contribution in [0.15, 0.2) is 90.0 Å². The number of methoxy groups -OCH3 is 1. The molecule has 0 spiro atoms. The molecule has 30 heavy (non-hydrogen) atoms. The van der Waals surface area contributed by atoms with Crippen molar-refractivity contribution in [2.45, 2.75) is 0 Å². The average Bonchev–Trinajstić information content (AvgIpc) is 2.81. The fraction of sp³-hybridized carbons (Fsp3) is 0.0417. The Kier molecular flexibility index (Phi) is 5.66. The van der Waals surface area contributed by atoms with Crippen LogP contribution in [-0.2, 0) is 0 Å². The number of rotatable bonds is 6. The minimum absolute atomic E-state index is 0.211. The van der Waals surface area contributed by atoms with E-state index in [0.29, 0.717) is 5.95 Å². The molecule has 6 nitrogen and oxygen atoms in total. The quantitative estimate of drug-likeness (QED) is 0.355. The van der Waals surface area contributed by atoms with Crippen LogP contribution in [0.3, 0.4) is 0 Å². The largest absolute Gasteiger partial charge is 0.508 e. The van der Waals surface area contributed by atoms with Crippen molar-refractivity contribution < 1.29 is 9.84 Å². The predicted molar refractivity (Wildman–Crippen MR) is 119 cm³/mol. The fourth-order valence-corrected chi connectivity index (χ4v) is 2.89. The summed E-state index contributed by atoms with van der Waals surface area (Å²) in [5, 5.41) is 13.6. The van der Waals surface area contributed by atoms with E-state index in [0.717, 1.165) is 33.8 Å². The van der Waals surface area contributed by atoms with E-state index in [4.69, 9.17) is 4.74 Å². The van der Waals surface area contributed by atoms with Crippen LogP contribution in [0.1, 0.15) is 5.56 Å². The zero-order valence-corrected chi connectivity index (χ0v) is 16.4. The lowest BCUT2D eigenvalue weighted by Gasteiger charge is -2.09. The summed E-state index contributed by atoms with van der Waals surface area (Å²) in [4.78, 5) is 9.22. The first-order chi connectivity index (χ1) is 14.7. The molecule has 0 radical (unpaired) electrons. The van der Waals surface area contributed by atoms with Gasteiger partial charge in [0.2, 0.25) is 5.95 Å². The van der Waals surface area contributed by atoms with Gasteiger partial charge >= 0.3 is 0 Å². The Balaban J connectivity index is 1.67. The number of hydrogen-bond acceptors (Lipinski definition) is 6.